The Morgan fingerprint density at radius 2 is 2.00 bits per heavy atom. The summed E-state index contributed by atoms with van der Waals surface area (Å²) in [5, 5.41) is 11.8. The van der Waals surface area contributed by atoms with Crippen LogP contribution in [0.2, 0.25) is 0 Å². The molecule has 0 aromatic rings. The predicted octanol–water partition coefficient (Wildman–Crippen LogP) is 0.542. The minimum Gasteiger partial charge on any atom is -0.394 e. The maximum Gasteiger partial charge on any atom is 0.0729 e. The molecule has 2 atom stereocenters. The first-order valence-corrected chi connectivity index (χ1v) is 5.86. The lowest BCUT2D eigenvalue weighted by molar-refractivity contribution is -0.0282. The Labute approximate surface area is 92.0 Å². The van der Waals surface area contributed by atoms with Gasteiger partial charge in [-0.2, -0.15) is 0 Å². The minimum atomic E-state index is 0.0859. The molecule has 0 bridgehead atoms. The van der Waals surface area contributed by atoms with Crippen LogP contribution in [-0.4, -0.2) is 50.7 Å². The Hall–Kier alpha value is -0.160. The molecule has 2 N–H and O–H groups in total. The lowest BCUT2D eigenvalue weighted by Crippen LogP contribution is -2.42. The highest BCUT2D eigenvalue weighted by molar-refractivity contribution is 4.80. The highest BCUT2D eigenvalue weighted by Gasteiger charge is 2.23. The molecule has 0 saturated heterocycles. The van der Waals surface area contributed by atoms with Crippen molar-refractivity contribution < 1.29 is 14.6 Å². The molecule has 0 amide bonds. The first-order chi connectivity index (χ1) is 7.38. The van der Waals surface area contributed by atoms with Gasteiger partial charge in [0.2, 0.25) is 0 Å². The van der Waals surface area contributed by atoms with Crippen LogP contribution >= 0.6 is 0 Å². The molecule has 4 nitrogen and oxygen atoms in total. The van der Waals surface area contributed by atoms with E-state index < -0.39 is 0 Å². The molecule has 0 aromatic carbocycles. The van der Waals surface area contributed by atoms with Crippen LogP contribution in [0.1, 0.15) is 25.7 Å². The zero-order valence-electron chi connectivity index (χ0n) is 9.58. The van der Waals surface area contributed by atoms with Crippen molar-refractivity contribution in [3.63, 3.8) is 0 Å². The molecule has 2 unspecified atom stereocenters. The Morgan fingerprint density at radius 1 is 1.20 bits per heavy atom. The highest BCUT2D eigenvalue weighted by Crippen LogP contribution is 2.20. The number of hydrogen-bond donors (Lipinski definition) is 2. The van der Waals surface area contributed by atoms with Gasteiger partial charge < -0.3 is 19.9 Å². The van der Waals surface area contributed by atoms with E-state index in [4.69, 9.17) is 14.6 Å². The molecule has 15 heavy (non-hydrogen) atoms. The first-order valence-electron chi connectivity index (χ1n) is 5.86. The summed E-state index contributed by atoms with van der Waals surface area (Å²) in [4.78, 5) is 0. The highest BCUT2D eigenvalue weighted by atomic mass is 16.5. The Kier molecular flexibility index (Phi) is 6.92. The fourth-order valence-corrected chi connectivity index (χ4v) is 2.05. The molecule has 90 valence electrons. The first kappa shape index (κ1) is 12.9. The van der Waals surface area contributed by atoms with Gasteiger partial charge in [-0.3, -0.25) is 0 Å². The monoisotopic (exact) mass is 217 g/mol. The Morgan fingerprint density at radius 3 is 2.73 bits per heavy atom. The molecular weight excluding hydrogens is 194 g/mol. The summed E-state index contributed by atoms with van der Waals surface area (Å²) in [6.45, 7) is 1.70. The molecule has 1 aliphatic carbocycles. The summed E-state index contributed by atoms with van der Waals surface area (Å²) in [7, 11) is 1.99. The lowest BCUT2D eigenvalue weighted by atomic mass is 9.92. The Balaban J connectivity index is 2.07. The molecule has 1 rings (SSSR count). The molecule has 4 heteroatoms. The quantitative estimate of drug-likeness (QED) is 0.611. The largest absolute Gasteiger partial charge is 0.394 e. The lowest BCUT2D eigenvalue weighted by Gasteiger charge is -2.31. The maximum atomic E-state index is 8.52. The smallest absolute Gasteiger partial charge is 0.0729 e. The van der Waals surface area contributed by atoms with Crippen molar-refractivity contribution in [3.05, 3.63) is 0 Å². The third kappa shape index (κ3) is 4.93. The van der Waals surface area contributed by atoms with Crippen LogP contribution in [0.5, 0.6) is 0 Å². The summed E-state index contributed by atoms with van der Waals surface area (Å²) < 4.78 is 10.9. The zero-order chi connectivity index (χ0) is 10.9. The molecule has 1 fully saturated rings. The van der Waals surface area contributed by atoms with Gasteiger partial charge in [-0.15, -0.1) is 0 Å². The van der Waals surface area contributed by atoms with Crippen LogP contribution in [0, 0.1) is 0 Å². The van der Waals surface area contributed by atoms with Gasteiger partial charge in [-0.25, -0.2) is 0 Å². The third-order valence-electron chi connectivity index (χ3n) is 2.87. The summed E-state index contributed by atoms with van der Waals surface area (Å²) in [5.41, 5.74) is 0. The molecule has 0 heterocycles. The van der Waals surface area contributed by atoms with Crippen molar-refractivity contribution in [2.24, 2.45) is 0 Å². The second-order valence-electron chi connectivity index (χ2n) is 3.92. The zero-order valence-corrected chi connectivity index (χ0v) is 9.58. The second kappa shape index (κ2) is 8.05. The van der Waals surface area contributed by atoms with Crippen molar-refractivity contribution in [2.45, 2.75) is 37.8 Å². The van der Waals surface area contributed by atoms with E-state index in [1.165, 1.54) is 19.3 Å². The van der Waals surface area contributed by atoms with Crippen molar-refractivity contribution in [1.29, 1.82) is 0 Å². The van der Waals surface area contributed by atoms with Gasteiger partial charge in [0.1, 0.15) is 0 Å². The second-order valence-corrected chi connectivity index (χ2v) is 3.92. The normalized spacial score (nSPS) is 26.8. The van der Waals surface area contributed by atoms with Gasteiger partial charge in [-0.1, -0.05) is 12.8 Å². The number of likely N-dealkylation sites (N-methyl/N-ethyl adjacent to an activating group) is 1. The van der Waals surface area contributed by atoms with Crippen LogP contribution in [-0.2, 0) is 9.47 Å². The standard InChI is InChI=1S/C11H23NO3/c1-12-10-4-2-3-5-11(10)15-9-8-14-7-6-13/h10-13H,2-9H2,1H3. The van der Waals surface area contributed by atoms with E-state index in [9.17, 15) is 0 Å². The summed E-state index contributed by atoms with van der Waals surface area (Å²) in [6, 6.07) is 0.497. The Bertz CT molecular complexity index is 155. The van der Waals surface area contributed by atoms with Crippen molar-refractivity contribution in [2.75, 3.05) is 33.5 Å². The molecule has 0 radical (unpaired) electrons. The number of hydrogen-bond acceptors (Lipinski definition) is 4. The summed E-state index contributed by atoms with van der Waals surface area (Å²) >= 11 is 0. The molecule has 1 saturated carbocycles. The average molecular weight is 217 g/mol. The van der Waals surface area contributed by atoms with E-state index in [-0.39, 0.29) is 6.61 Å². The average Bonchev–Trinajstić information content (AvgIpc) is 2.29. The van der Waals surface area contributed by atoms with Gasteiger partial charge in [0.05, 0.1) is 32.5 Å². The number of ether oxygens (including phenoxy) is 2. The van der Waals surface area contributed by atoms with E-state index in [2.05, 4.69) is 5.32 Å². The van der Waals surface area contributed by atoms with E-state index in [1.807, 2.05) is 7.05 Å². The van der Waals surface area contributed by atoms with E-state index in [0.29, 0.717) is 32.0 Å². The fraction of sp³-hybridized carbons (Fsp3) is 1.00. The van der Waals surface area contributed by atoms with E-state index >= 15 is 0 Å². The molecule has 0 aliphatic heterocycles. The van der Waals surface area contributed by atoms with E-state index in [0.717, 1.165) is 6.42 Å². The maximum absolute atomic E-state index is 8.52. The number of aliphatic hydroxyl groups is 1. The molecule has 0 spiro atoms. The molecular formula is C11H23NO3. The third-order valence-corrected chi connectivity index (χ3v) is 2.87. The van der Waals surface area contributed by atoms with Crippen molar-refractivity contribution in [1.82, 2.24) is 5.32 Å². The number of nitrogens with one attached hydrogen (secondary N) is 1. The predicted molar refractivity (Wildman–Crippen MR) is 59.0 cm³/mol. The van der Waals surface area contributed by atoms with Gasteiger partial charge in [-0.05, 0) is 19.9 Å². The van der Waals surface area contributed by atoms with Crippen molar-refractivity contribution >= 4 is 0 Å². The van der Waals surface area contributed by atoms with Gasteiger partial charge in [0.15, 0.2) is 0 Å². The van der Waals surface area contributed by atoms with Gasteiger partial charge >= 0.3 is 0 Å². The van der Waals surface area contributed by atoms with Crippen LogP contribution in [0.25, 0.3) is 0 Å². The van der Waals surface area contributed by atoms with Crippen LogP contribution in [0.4, 0.5) is 0 Å². The summed E-state index contributed by atoms with van der Waals surface area (Å²) in [6.07, 6.45) is 5.25. The summed E-state index contributed by atoms with van der Waals surface area (Å²) in [5.74, 6) is 0. The topological polar surface area (TPSA) is 50.7 Å². The van der Waals surface area contributed by atoms with Crippen LogP contribution in [0.15, 0.2) is 0 Å². The van der Waals surface area contributed by atoms with Crippen LogP contribution < -0.4 is 5.32 Å². The SMILES string of the molecule is CNC1CCCCC1OCCOCCO. The molecule has 1 aliphatic rings. The molecule has 0 aromatic heterocycles. The van der Waals surface area contributed by atoms with Gasteiger partial charge in [0.25, 0.3) is 0 Å². The van der Waals surface area contributed by atoms with Crippen molar-refractivity contribution in [3.8, 4) is 0 Å². The van der Waals surface area contributed by atoms with Gasteiger partial charge in [0, 0.05) is 6.04 Å². The van der Waals surface area contributed by atoms with E-state index in [1.54, 1.807) is 0 Å². The van der Waals surface area contributed by atoms with Crippen LogP contribution in [0.3, 0.4) is 0 Å². The number of aliphatic hydroxyl groups excluding tert-OH is 1. The number of rotatable bonds is 7. The minimum absolute atomic E-state index is 0.0859. The fourth-order valence-electron chi connectivity index (χ4n) is 2.05.